The molecule has 0 fully saturated rings. The number of halogens is 1. The van der Waals surface area contributed by atoms with Crippen molar-refractivity contribution in [3.8, 4) is 0 Å². The molecule has 0 radical (unpaired) electrons. The molecule has 0 saturated carbocycles. The number of aromatic nitrogens is 1. The van der Waals surface area contributed by atoms with Crippen molar-refractivity contribution in [2.75, 3.05) is 12.3 Å². The van der Waals surface area contributed by atoms with Crippen LogP contribution in [0.4, 0.5) is 5.82 Å². The van der Waals surface area contributed by atoms with Crippen molar-refractivity contribution in [1.29, 1.82) is 0 Å². The third-order valence-corrected chi connectivity index (χ3v) is 2.77. The average molecular weight is 228 g/mol. The summed E-state index contributed by atoms with van der Waals surface area (Å²) in [6, 6.07) is 4.00. The summed E-state index contributed by atoms with van der Waals surface area (Å²) in [6.45, 7) is 8.16. The number of pyridine rings is 1. The van der Waals surface area contributed by atoms with E-state index in [2.05, 4.69) is 30.7 Å². The first kappa shape index (κ1) is 12.3. The molecular formula is C11H18ClN3. The van der Waals surface area contributed by atoms with Crippen LogP contribution in [0.3, 0.4) is 0 Å². The van der Waals surface area contributed by atoms with E-state index in [1.807, 2.05) is 0 Å². The van der Waals surface area contributed by atoms with Gasteiger partial charge in [0.25, 0.3) is 0 Å². The van der Waals surface area contributed by atoms with Gasteiger partial charge in [0.1, 0.15) is 5.82 Å². The number of nitrogen functional groups attached to an aromatic ring is 1. The second-order valence-electron chi connectivity index (χ2n) is 3.82. The molecule has 15 heavy (non-hydrogen) atoms. The van der Waals surface area contributed by atoms with E-state index < -0.39 is 0 Å². The number of nitrogens with zero attached hydrogens (tertiary/aromatic N) is 2. The highest BCUT2D eigenvalue weighted by Crippen LogP contribution is 2.17. The van der Waals surface area contributed by atoms with Gasteiger partial charge >= 0.3 is 0 Å². The number of hydrogen-bond acceptors (Lipinski definition) is 3. The molecule has 4 heteroatoms. The maximum absolute atomic E-state index is 6.06. The lowest BCUT2D eigenvalue weighted by Crippen LogP contribution is -2.30. The lowest BCUT2D eigenvalue weighted by Gasteiger charge is -2.24. The summed E-state index contributed by atoms with van der Waals surface area (Å²) in [7, 11) is 0. The molecule has 0 saturated heterocycles. The summed E-state index contributed by atoms with van der Waals surface area (Å²) in [6.07, 6.45) is 0. The first-order valence-electron chi connectivity index (χ1n) is 5.19. The standard InChI is InChI=1S/C11H18ClN3/c1-4-15(8(2)3)7-10-9(12)5-6-11(13)14-10/h5-6,8H,4,7H2,1-3H3,(H2,13,14). The zero-order valence-electron chi connectivity index (χ0n) is 9.50. The minimum atomic E-state index is 0.481. The SMILES string of the molecule is CCN(Cc1nc(N)ccc1Cl)C(C)C. The Kier molecular flexibility index (Phi) is 4.36. The summed E-state index contributed by atoms with van der Waals surface area (Å²) >= 11 is 6.06. The second-order valence-corrected chi connectivity index (χ2v) is 4.23. The average Bonchev–Trinajstić information content (AvgIpc) is 2.18. The van der Waals surface area contributed by atoms with Crippen LogP contribution in [-0.2, 0) is 6.54 Å². The van der Waals surface area contributed by atoms with Crippen LogP contribution in [0.25, 0.3) is 0 Å². The first-order chi connectivity index (χ1) is 7.04. The quantitative estimate of drug-likeness (QED) is 0.860. The number of nitrogens with two attached hydrogens (primary N) is 1. The van der Waals surface area contributed by atoms with E-state index in [9.17, 15) is 0 Å². The maximum atomic E-state index is 6.06. The molecule has 0 unspecified atom stereocenters. The van der Waals surface area contributed by atoms with Crippen molar-refractivity contribution in [2.45, 2.75) is 33.4 Å². The molecule has 0 spiro atoms. The minimum Gasteiger partial charge on any atom is -0.384 e. The molecule has 1 heterocycles. The fraction of sp³-hybridized carbons (Fsp3) is 0.545. The van der Waals surface area contributed by atoms with E-state index in [4.69, 9.17) is 17.3 Å². The van der Waals surface area contributed by atoms with Crippen molar-refractivity contribution in [3.05, 3.63) is 22.8 Å². The van der Waals surface area contributed by atoms with Crippen molar-refractivity contribution in [1.82, 2.24) is 9.88 Å². The van der Waals surface area contributed by atoms with Crippen LogP contribution in [-0.4, -0.2) is 22.5 Å². The lowest BCUT2D eigenvalue weighted by molar-refractivity contribution is 0.222. The van der Waals surface area contributed by atoms with Crippen LogP contribution in [0.5, 0.6) is 0 Å². The van der Waals surface area contributed by atoms with E-state index >= 15 is 0 Å². The summed E-state index contributed by atoms with van der Waals surface area (Å²) in [5.41, 5.74) is 6.49. The predicted molar refractivity (Wildman–Crippen MR) is 64.9 cm³/mol. The normalized spacial score (nSPS) is 11.3. The van der Waals surface area contributed by atoms with Gasteiger partial charge in [0.05, 0.1) is 10.7 Å². The lowest BCUT2D eigenvalue weighted by atomic mass is 10.2. The van der Waals surface area contributed by atoms with Crippen LogP contribution >= 0.6 is 11.6 Å². The number of hydrogen-bond donors (Lipinski definition) is 1. The summed E-state index contributed by atoms with van der Waals surface area (Å²) in [5, 5.41) is 0.684. The van der Waals surface area contributed by atoms with Crippen LogP contribution < -0.4 is 5.73 Å². The second kappa shape index (κ2) is 5.33. The van der Waals surface area contributed by atoms with E-state index in [1.54, 1.807) is 12.1 Å². The van der Waals surface area contributed by atoms with Crippen molar-refractivity contribution >= 4 is 17.4 Å². The van der Waals surface area contributed by atoms with Crippen molar-refractivity contribution in [2.24, 2.45) is 0 Å². The fourth-order valence-corrected chi connectivity index (χ4v) is 1.63. The van der Waals surface area contributed by atoms with Crippen molar-refractivity contribution in [3.63, 3.8) is 0 Å². The first-order valence-corrected chi connectivity index (χ1v) is 5.57. The van der Waals surface area contributed by atoms with Gasteiger partial charge in [-0.05, 0) is 32.5 Å². The highest BCUT2D eigenvalue weighted by molar-refractivity contribution is 6.31. The van der Waals surface area contributed by atoms with Gasteiger partial charge in [0, 0.05) is 12.6 Å². The van der Waals surface area contributed by atoms with Gasteiger partial charge in [-0.25, -0.2) is 4.98 Å². The summed E-state index contributed by atoms with van der Waals surface area (Å²) in [5.74, 6) is 0.522. The van der Waals surface area contributed by atoms with Gasteiger partial charge in [-0.1, -0.05) is 18.5 Å². The molecular weight excluding hydrogens is 210 g/mol. The third kappa shape index (κ3) is 3.36. The molecule has 1 rings (SSSR count). The Morgan fingerprint density at radius 1 is 1.47 bits per heavy atom. The fourth-order valence-electron chi connectivity index (χ4n) is 1.46. The monoisotopic (exact) mass is 227 g/mol. The van der Waals surface area contributed by atoms with Crippen LogP contribution in [0, 0.1) is 0 Å². The molecule has 0 bridgehead atoms. The number of rotatable bonds is 4. The van der Waals surface area contributed by atoms with E-state index in [0.717, 1.165) is 18.8 Å². The van der Waals surface area contributed by atoms with Gasteiger partial charge in [-0.2, -0.15) is 0 Å². The van der Waals surface area contributed by atoms with E-state index in [1.165, 1.54) is 0 Å². The molecule has 0 amide bonds. The van der Waals surface area contributed by atoms with Gasteiger partial charge in [-0.15, -0.1) is 0 Å². The number of anilines is 1. The molecule has 1 aromatic rings. The van der Waals surface area contributed by atoms with Crippen LogP contribution in [0.1, 0.15) is 26.5 Å². The highest BCUT2D eigenvalue weighted by Gasteiger charge is 2.11. The Hall–Kier alpha value is -0.800. The molecule has 0 aliphatic heterocycles. The maximum Gasteiger partial charge on any atom is 0.123 e. The van der Waals surface area contributed by atoms with E-state index in [0.29, 0.717) is 16.9 Å². The largest absolute Gasteiger partial charge is 0.384 e. The Bertz CT molecular complexity index is 326. The smallest absolute Gasteiger partial charge is 0.123 e. The zero-order chi connectivity index (χ0) is 11.4. The van der Waals surface area contributed by atoms with Crippen LogP contribution in [0.2, 0.25) is 5.02 Å². The zero-order valence-corrected chi connectivity index (χ0v) is 10.3. The molecule has 0 atom stereocenters. The summed E-state index contributed by atoms with van der Waals surface area (Å²) in [4.78, 5) is 6.53. The highest BCUT2D eigenvalue weighted by atomic mass is 35.5. The Morgan fingerprint density at radius 3 is 2.67 bits per heavy atom. The minimum absolute atomic E-state index is 0.481. The van der Waals surface area contributed by atoms with Crippen molar-refractivity contribution < 1.29 is 0 Å². The topological polar surface area (TPSA) is 42.2 Å². The third-order valence-electron chi connectivity index (χ3n) is 2.43. The van der Waals surface area contributed by atoms with Gasteiger partial charge < -0.3 is 5.73 Å². The van der Waals surface area contributed by atoms with Gasteiger partial charge in [-0.3, -0.25) is 4.90 Å². The molecule has 1 aromatic heterocycles. The van der Waals surface area contributed by atoms with Gasteiger partial charge in [0.15, 0.2) is 0 Å². The van der Waals surface area contributed by atoms with Gasteiger partial charge in [0.2, 0.25) is 0 Å². The molecule has 84 valence electrons. The summed E-state index contributed by atoms with van der Waals surface area (Å²) < 4.78 is 0. The van der Waals surface area contributed by atoms with E-state index in [-0.39, 0.29) is 0 Å². The molecule has 0 aliphatic rings. The molecule has 0 aromatic carbocycles. The Labute approximate surface area is 96.2 Å². The Balaban J connectivity index is 2.82. The molecule has 0 aliphatic carbocycles. The van der Waals surface area contributed by atoms with Crippen LogP contribution in [0.15, 0.2) is 12.1 Å². The Morgan fingerprint density at radius 2 is 2.13 bits per heavy atom. The molecule has 3 nitrogen and oxygen atoms in total. The predicted octanol–water partition coefficient (Wildman–Crippen LogP) is 2.55. The molecule has 2 N–H and O–H groups in total.